The molecule has 0 spiro atoms. The summed E-state index contributed by atoms with van der Waals surface area (Å²) in [4.78, 5) is 26.8. The molecule has 0 radical (unpaired) electrons. The first-order valence-corrected chi connectivity index (χ1v) is 7.21. The third-order valence-electron chi connectivity index (χ3n) is 3.74. The molecule has 1 atom stereocenters. The van der Waals surface area contributed by atoms with E-state index in [9.17, 15) is 14.9 Å². The van der Waals surface area contributed by atoms with E-state index in [0.717, 1.165) is 0 Å². The minimum atomic E-state index is -0.472. The van der Waals surface area contributed by atoms with Gasteiger partial charge in [-0.1, -0.05) is 5.16 Å². The Kier molecular flexibility index (Phi) is 3.76. The van der Waals surface area contributed by atoms with Gasteiger partial charge < -0.3 is 14.4 Å². The van der Waals surface area contributed by atoms with Gasteiger partial charge >= 0.3 is 0 Å². The number of aromatic nitrogens is 3. The normalized spacial score (nSPS) is 12.3. The molecule has 0 amide bonds. The van der Waals surface area contributed by atoms with E-state index in [1.807, 2.05) is 6.92 Å². The number of benzene rings is 1. The van der Waals surface area contributed by atoms with E-state index in [4.69, 9.17) is 4.52 Å². The van der Waals surface area contributed by atoms with Crippen LogP contribution in [0.15, 0.2) is 33.6 Å². The van der Waals surface area contributed by atoms with Gasteiger partial charge in [0.2, 0.25) is 5.89 Å². The van der Waals surface area contributed by atoms with Crippen LogP contribution in [0.4, 0.5) is 11.4 Å². The Hall–Kier alpha value is -3.23. The van der Waals surface area contributed by atoms with Gasteiger partial charge in [0.05, 0.1) is 16.5 Å². The maximum Gasteiger partial charge on any atom is 0.270 e. The molecule has 9 heteroatoms. The fourth-order valence-electron chi connectivity index (χ4n) is 2.47. The molecule has 3 rings (SSSR count). The topological polar surface area (TPSA) is 116 Å². The summed E-state index contributed by atoms with van der Waals surface area (Å²) in [5.74, 6) is 0.870. The maximum absolute atomic E-state index is 12.1. The minimum absolute atomic E-state index is 0.0488. The van der Waals surface area contributed by atoms with Crippen molar-refractivity contribution >= 4 is 22.3 Å². The number of nitro benzene ring substituents is 1. The van der Waals surface area contributed by atoms with Gasteiger partial charge in [0.25, 0.3) is 11.2 Å². The maximum atomic E-state index is 12.1. The zero-order valence-electron chi connectivity index (χ0n) is 13.3. The summed E-state index contributed by atoms with van der Waals surface area (Å²) in [6, 6.07) is 5.43. The number of hydrogen-bond donors (Lipinski definition) is 1. The van der Waals surface area contributed by atoms with Crippen molar-refractivity contribution in [2.24, 2.45) is 7.05 Å². The first-order valence-electron chi connectivity index (χ1n) is 7.21. The second kappa shape index (κ2) is 5.76. The van der Waals surface area contributed by atoms with Crippen LogP contribution < -0.4 is 10.9 Å². The average Bonchev–Trinajstić information content (AvgIpc) is 2.98. The lowest BCUT2D eigenvalue weighted by molar-refractivity contribution is -0.384. The van der Waals surface area contributed by atoms with Crippen LogP contribution >= 0.6 is 0 Å². The summed E-state index contributed by atoms with van der Waals surface area (Å²) in [6.45, 7) is 3.49. The van der Waals surface area contributed by atoms with Gasteiger partial charge in [-0.15, -0.1) is 0 Å². The highest BCUT2D eigenvalue weighted by molar-refractivity contribution is 5.93. The number of nitrogens with zero attached hydrogens (tertiary/aromatic N) is 4. The van der Waals surface area contributed by atoms with Crippen molar-refractivity contribution in [2.45, 2.75) is 19.9 Å². The van der Waals surface area contributed by atoms with Crippen LogP contribution in [0, 0.1) is 17.0 Å². The van der Waals surface area contributed by atoms with E-state index in [0.29, 0.717) is 28.3 Å². The highest BCUT2D eigenvalue weighted by Gasteiger charge is 2.16. The number of pyridine rings is 1. The Morgan fingerprint density at radius 1 is 1.38 bits per heavy atom. The summed E-state index contributed by atoms with van der Waals surface area (Å²) >= 11 is 0. The first kappa shape index (κ1) is 15.7. The van der Waals surface area contributed by atoms with Crippen molar-refractivity contribution in [3.05, 3.63) is 56.4 Å². The molecular formula is C15H15N5O4. The molecule has 1 aromatic carbocycles. The number of nitro groups is 1. The number of anilines is 1. The summed E-state index contributed by atoms with van der Waals surface area (Å²) in [6.07, 6.45) is 0. The van der Waals surface area contributed by atoms with E-state index in [1.165, 1.54) is 22.8 Å². The molecule has 0 fully saturated rings. The molecular weight excluding hydrogens is 314 g/mol. The fourth-order valence-corrected chi connectivity index (χ4v) is 2.47. The molecule has 0 aliphatic rings. The van der Waals surface area contributed by atoms with Crippen LogP contribution in [0.1, 0.15) is 24.7 Å². The lowest BCUT2D eigenvalue weighted by Gasteiger charge is -2.15. The second-order valence-electron chi connectivity index (χ2n) is 5.45. The highest BCUT2D eigenvalue weighted by Crippen LogP contribution is 2.28. The molecule has 0 aliphatic carbocycles. The van der Waals surface area contributed by atoms with Gasteiger partial charge in [0.1, 0.15) is 0 Å². The molecule has 24 heavy (non-hydrogen) atoms. The van der Waals surface area contributed by atoms with Crippen molar-refractivity contribution in [1.82, 2.24) is 14.7 Å². The molecule has 0 saturated heterocycles. The Morgan fingerprint density at radius 2 is 2.12 bits per heavy atom. The van der Waals surface area contributed by atoms with Crippen LogP contribution in [0.25, 0.3) is 10.9 Å². The van der Waals surface area contributed by atoms with Gasteiger partial charge in [-0.3, -0.25) is 14.9 Å². The summed E-state index contributed by atoms with van der Waals surface area (Å²) < 4.78 is 6.39. The lowest BCUT2D eigenvalue weighted by atomic mass is 10.1. The van der Waals surface area contributed by atoms with Gasteiger partial charge in [-0.25, -0.2) is 0 Å². The average molecular weight is 329 g/mol. The highest BCUT2D eigenvalue weighted by atomic mass is 16.6. The van der Waals surface area contributed by atoms with Gasteiger partial charge in [0.15, 0.2) is 5.82 Å². The van der Waals surface area contributed by atoms with Crippen molar-refractivity contribution in [2.75, 3.05) is 5.32 Å². The van der Waals surface area contributed by atoms with Crippen molar-refractivity contribution in [3.63, 3.8) is 0 Å². The zero-order valence-corrected chi connectivity index (χ0v) is 13.3. The SMILES string of the molecule is Cc1nc(C(C)Nc2cc(=O)n(C)c3ccc([N+](=O)[O-])cc23)no1. The number of hydrogen-bond acceptors (Lipinski definition) is 7. The van der Waals surface area contributed by atoms with Crippen molar-refractivity contribution in [3.8, 4) is 0 Å². The standard InChI is InChI=1S/C15H15N5O4/c1-8(15-17-9(2)24-18-15)16-12-7-14(21)19(3)13-5-4-10(20(22)23)6-11(12)13/h4-8,16H,1-3H3. The number of non-ortho nitro benzene ring substituents is 1. The molecule has 3 aromatic rings. The third kappa shape index (κ3) is 2.71. The minimum Gasteiger partial charge on any atom is -0.374 e. The van der Waals surface area contributed by atoms with Crippen LogP contribution in [-0.2, 0) is 7.05 Å². The van der Waals surface area contributed by atoms with Crippen molar-refractivity contribution in [1.29, 1.82) is 0 Å². The van der Waals surface area contributed by atoms with Crippen LogP contribution in [0.3, 0.4) is 0 Å². The van der Waals surface area contributed by atoms with Crippen LogP contribution in [0.2, 0.25) is 0 Å². The predicted molar refractivity (Wildman–Crippen MR) is 86.9 cm³/mol. The smallest absolute Gasteiger partial charge is 0.270 e. The molecule has 2 aromatic heterocycles. The largest absolute Gasteiger partial charge is 0.374 e. The second-order valence-corrected chi connectivity index (χ2v) is 5.45. The van der Waals surface area contributed by atoms with E-state index >= 15 is 0 Å². The fraction of sp³-hybridized carbons (Fsp3) is 0.267. The molecule has 0 aliphatic heterocycles. The zero-order chi connectivity index (χ0) is 17.4. The van der Waals surface area contributed by atoms with E-state index in [2.05, 4.69) is 15.5 Å². The van der Waals surface area contributed by atoms with Gasteiger partial charge in [-0.05, 0) is 13.0 Å². The molecule has 2 heterocycles. The lowest BCUT2D eigenvalue weighted by Crippen LogP contribution is -2.18. The number of aryl methyl sites for hydroxylation is 2. The Bertz CT molecular complexity index is 991. The van der Waals surface area contributed by atoms with E-state index < -0.39 is 4.92 Å². The summed E-state index contributed by atoms with van der Waals surface area (Å²) in [5, 5.41) is 18.6. The Labute approximate surface area is 136 Å². The number of nitrogens with one attached hydrogen (secondary N) is 1. The Balaban J connectivity index is 2.12. The van der Waals surface area contributed by atoms with Gasteiger partial charge in [0, 0.05) is 43.2 Å². The quantitative estimate of drug-likeness (QED) is 0.576. The molecule has 1 unspecified atom stereocenters. The van der Waals surface area contributed by atoms with Crippen molar-refractivity contribution < 1.29 is 9.45 Å². The predicted octanol–water partition coefficient (Wildman–Crippen LogP) is 2.31. The van der Waals surface area contributed by atoms with E-state index in [-0.39, 0.29) is 17.3 Å². The van der Waals surface area contributed by atoms with E-state index in [1.54, 1.807) is 20.0 Å². The summed E-state index contributed by atoms with van der Waals surface area (Å²) in [7, 11) is 1.62. The molecule has 1 N–H and O–H groups in total. The Morgan fingerprint density at radius 3 is 2.75 bits per heavy atom. The van der Waals surface area contributed by atoms with Gasteiger partial charge in [-0.2, -0.15) is 4.98 Å². The first-order chi connectivity index (χ1) is 11.4. The summed E-state index contributed by atoms with van der Waals surface area (Å²) in [5.41, 5.74) is 0.793. The molecule has 0 saturated carbocycles. The molecule has 124 valence electrons. The number of fused-ring (bicyclic) bond motifs is 1. The molecule has 0 bridgehead atoms. The molecule has 9 nitrogen and oxygen atoms in total. The van der Waals surface area contributed by atoms with Crippen LogP contribution in [0.5, 0.6) is 0 Å². The third-order valence-corrected chi connectivity index (χ3v) is 3.74. The number of rotatable bonds is 4. The monoisotopic (exact) mass is 329 g/mol. The van der Waals surface area contributed by atoms with Crippen LogP contribution in [-0.4, -0.2) is 19.6 Å².